The van der Waals surface area contributed by atoms with Gasteiger partial charge >= 0.3 is 5.97 Å². The van der Waals surface area contributed by atoms with Crippen molar-refractivity contribution in [3.8, 4) is 0 Å². The van der Waals surface area contributed by atoms with Crippen LogP contribution in [0.4, 0.5) is 0 Å². The number of hydrogen-bond acceptors (Lipinski definition) is 8. The molecule has 0 aromatic heterocycles. The Balaban J connectivity index is 0.00000196. The minimum Gasteiger partial charge on any atom is -0.469 e. The molecule has 0 aromatic rings. The SMILES string of the molecule is COC(=O)CCN1CCC(N2N=C(C(N)=O)SC2C2CCNCC2)CC1.Cl.Cl. The predicted molar refractivity (Wildman–Crippen MR) is 116 cm³/mol. The number of carbonyl (C=O) groups is 2. The van der Waals surface area contributed by atoms with E-state index < -0.39 is 5.91 Å². The van der Waals surface area contributed by atoms with Gasteiger partial charge in [-0.15, -0.1) is 24.8 Å². The van der Waals surface area contributed by atoms with E-state index in [-0.39, 0.29) is 36.2 Å². The molecule has 3 heterocycles. The first kappa shape index (κ1) is 25.3. The fourth-order valence-electron chi connectivity index (χ4n) is 3.95. The van der Waals surface area contributed by atoms with Gasteiger partial charge in [-0.2, -0.15) is 5.10 Å². The zero-order valence-electron chi connectivity index (χ0n) is 16.2. The van der Waals surface area contributed by atoms with Gasteiger partial charge in [-0.05, 0) is 44.7 Å². The number of carbonyl (C=O) groups excluding carboxylic acids is 2. The number of rotatable bonds is 6. The number of nitrogens with two attached hydrogens (primary N) is 1. The highest BCUT2D eigenvalue weighted by Crippen LogP contribution is 2.38. The third-order valence-electron chi connectivity index (χ3n) is 5.49. The van der Waals surface area contributed by atoms with Gasteiger partial charge < -0.3 is 20.7 Å². The second kappa shape index (κ2) is 12.1. The summed E-state index contributed by atoms with van der Waals surface area (Å²) < 4.78 is 4.72. The molecule has 1 unspecified atom stereocenters. The average molecular weight is 456 g/mol. The Morgan fingerprint density at radius 2 is 1.86 bits per heavy atom. The zero-order valence-corrected chi connectivity index (χ0v) is 18.6. The molecular formula is C17H31Cl2N5O3S. The Kier molecular flexibility index (Phi) is 10.9. The van der Waals surface area contributed by atoms with Crippen LogP contribution in [0.25, 0.3) is 0 Å². The van der Waals surface area contributed by atoms with Gasteiger partial charge in [-0.3, -0.25) is 14.6 Å². The lowest BCUT2D eigenvalue weighted by Crippen LogP contribution is -2.48. The van der Waals surface area contributed by atoms with Crippen LogP contribution in [0.3, 0.4) is 0 Å². The van der Waals surface area contributed by atoms with Gasteiger partial charge in [0.15, 0.2) is 5.04 Å². The van der Waals surface area contributed by atoms with E-state index in [0.717, 1.165) is 58.4 Å². The fourth-order valence-corrected chi connectivity index (χ4v) is 5.23. The van der Waals surface area contributed by atoms with E-state index in [1.165, 1.54) is 7.11 Å². The van der Waals surface area contributed by atoms with Crippen molar-refractivity contribution in [2.24, 2.45) is 16.8 Å². The number of piperidine rings is 2. The van der Waals surface area contributed by atoms with E-state index in [2.05, 4.69) is 20.3 Å². The lowest BCUT2D eigenvalue weighted by atomic mass is 9.95. The Labute approximate surface area is 183 Å². The summed E-state index contributed by atoms with van der Waals surface area (Å²) in [5.41, 5.74) is 5.50. The maximum absolute atomic E-state index is 11.7. The van der Waals surface area contributed by atoms with E-state index in [1.807, 2.05) is 0 Å². The quantitative estimate of drug-likeness (QED) is 0.576. The molecular weight excluding hydrogens is 425 g/mol. The summed E-state index contributed by atoms with van der Waals surface area (Å²) in [4.78, 5) is 25.3. The fraction of sp³-hybridized carbons (Fsp3) is 0.824. The van der Waals surface area contributed by atoms with Crippen LogP contribution in [0.15, 0.2) is 5.10 Å². The number of likely N-dealkylation sites (tertiary alicyclic amines) is 1. The molecule has 3 aliphatic heterocycles. The van der Waals surface area contributed by atoms with Gasteiger partial charge in [0.2, 0.25) is 0 Å². The lowest BCUT2D eigenvalue weighted by molar-refractivity contribution is -0.141. The molecule has 1 amide bonds. The van der Waals surface area contributed by atoms with Crippen LogP contribution in [0, 0.1) is 5.92 Å². The predicted octanol–water partition coefficient (Wildman–Crippen LogP) is 1.03. The number of hydrazone groups is 1. The van der Waals surface area contributed by atoms with Crippen molar-refractivity contribution >= 4 is 53.5 Å². The van der Waals surface area contributed by atoms with E-state index in [4.69, 9.17) is 10.5 Å². The summed E-state index contributed by atoms with van der Waals surface area (Å²) in [5.74, 6) is -0.0594. The minimum absolute atomic E-state index is 0. The van der Waals surface area contributed by atoms with Crippen molar-refractivity contribution in [3.05, 3.63) is 0 Å². The zero-order chi connectivity index (χ0) is 18.5. The molecule has 3 N–H and O–H groups in total. The third-order valence-corrected chi connectivity index (χ3v) is 6.84. The van der Waals surface area contributed by atoms with Crippen LogP contribution in [0.2, 0.25) is 0 Å². The average Bonchev–Trinajstić information content (AvgIpc) is 3.13. The monoisotopic (exact) mass is 455 g/mol. The summed E-state index contributed by atoms with van der Waals surface area (Å²) in [6, 6.07) is 0.327. The van der Waals surface area contributed by atoms with Gasteiger partial charge in [-0.1, -0.05) is 11.8 Å². The molecule has 162 valence electrons. The number of amides is 1. The summed E-state index contributed by atoms with van der Waals surface area (Å²) >= 11 is 1.54. The first-order valence-corrected chi connectivity index (χ1v) is 10.3. The Hall–Kier alpha value is -0.740. The number of nitrogens with zero attached hydrogens (tertiary/aromatic N) is 3. The first-order chi connectivity index (χ1) is 12.6. The molecule has 0 spiro atoms. The summed E-state index contributed by atoms with van der Waals surface area (Å²) in [5, 5.41) is 10.8. The molecule has 11 heteroatoms. The van der Waals surface area contributed by atoms with Gasteiger partial charge in [0, 0.05) is 19.6 Å². The Morgan fingerprint density at radius 1 is 1.21 bits per heavy atom. The number of nitrogens with one attached hydrogen (secondary N) is 1. The number of halogens is 2. The van der Waals surface area contributed by atoms with Crippen LogP contribution in [-0.4, -0.2) is 78.1 Å². The maximum atomic E-state index is 11.7. The Bertz CT molecular complexity index is 555. The molecule has 0 aromatic carbocycles. The van der Waals surface area contributed by atoms with Gasteiger partial charge in [0.05, 0.1) is 19.6 Å². The second-order valence-electron chi connectivity index (χ2n) is 7.14. The van der Waals surface area contributed by atoms with Crippen molar-refractivity contribution in [2.75, 3.05) is 39.8 Å². The van der Waals surface area contributed by atoms with Gasteiger partial charge in [0.1, 0.15) is 5.37 Å². The molecule has 3 rings (SSSR count). The highest BCUT2D eigenvalue weighted by Gasteiger charge is 2.40. The minimum atomic E-state index is -0.424. The number of esters is 1. The normalized spacial score (nSPS) is 24.1. The lowest BCUT2D eigenvalue weighted by Gasteiger charge is -2.41. The van der Waals surface area contributed by atoms with Gasteiger partial charge in [0.25, 0.3) is 5.91 Å². The van der Waals surface area contributed by atoms with Crippen molar-refractivity contribution in [3.63, 3.8) is 0 Å². The number of hydrogen-bond donors (Lipinski definition) is 2. The molecule has 0 saturated carbocycles. The van der Waals surface area contributed by atoms with E-state index in [1.54, 1.807) is 11.8 Å². The second-order valence-corrected chi connectivity index (χ2v) is 8.25. The first-order valence-electron chi connectivity index (χ1n) is 9.41. The summed E-state index contributed by atoms with van der Waals surface area (Å²) in [6.45, 7) is 4.65. The van der Waals surface area contributed by atoms with Gasteiger partial charge in [-0.25, -0.2) is 0 Å². The number of methoxy groups -OCH3 is 1. The van der Waals surface area contributed by atoms with Crippen LogP contribution in [0.5, 0.6) is 0 Å². The van der Waals surface area contributed by atoms with Crippen LogP contribution in [-0.2, 0) is 14.3 Å². The highest BCUT2D eigenvalue weighted by molar-refractivity contribution is 8.16. The molecule has 28 heavy (non-hydrogen) atoms. The Morgan fingerprint density at radius 3 is 2.43 bits per heavy atom. The van der Waals surface area contributed by atoms with Crippen molar-refractivity contribution in [2.45, 2.75) is 43.5 Å². The van der Waals surface area contributed by atoms with E-state index >= 15 is 0 Å². The molecule has 0 bridgehead atoms. The van der Waals surface area contributed by atoms with Crippen molar-refractivity contribution in [1.29, 1.82) is 0 Å². The number of thioether (sulfide) groups is 1. The summed E-state index contributed by atoms with van der Waals surface area (Å²) in [6.07, 6.45) is 4.61. The maximum Gasteiger partial charge on any atom is 0.306 e. The molecule has 2 saturated heterocycles. The van der Waals surface area contributed by atoms with E-state index in [0.29, 0.717) is 23.4 Å². The highest BCUT2D eigenvalue weighted by atomic mass is 35.5. The van der Waals surface area contributed by atoms with E-state index in [9.17, 15) is 9.59 Å². The number of primary amides is 1. The molecule has 3 aliphatic rings. The standard InChI is InChI=1S/C17H29N5O3S.2ClH/c1-25-14(23)6-11-21-9-4-13(5-10-21)22-17(12-2-7-19-8-3-12)26-16(20-22)15(18)24;;/h12-13,17,19H,2-11H2,1H3,(H2,18,24);2*1H. The third kappa shape index (κ3) is 6.38. The van der Waals surface area contributed by atoms with Crippen LogP contribution in [0.1, 0.15) is 32.1 Å². The molecule has 2 fully saturated rings. The van der Waals surface area contributed by atoms with Crippen LogP contribution >= 0.6 is 36.6 Å². The molecule has 8 nitrogen and oxygen atoms in total. The van der Waals surface area contributed by atoms with Crippen molar-refractivity contribution in [1.82, 2.24) is 15.2 Å². The molecule has 0 radical (unpaired) electrons. The smallest absolute Gasteiger partial charge is 0.306 e. The largest absolute Gasteiger partial charge is 0.469 e. The summed E-state index contributed by atoms with van der Waals surface area (Å²) in [7, 11) is 1.43. The van der Waals surface area contributed by atoms with Crippen molar-refractivity contribution < 1.29 is 14.3 Å². The molecule has 0 aliphatic carbocycles. The molecule has 1 atom stereocenters. The van der Waals surface area contributed by atoms with Crippen LogP contribution < -0.4 is 11.1 Å². The topological polar surface area (TPSA) is 100 Å². The number of ether oxygens (including phenoxy) is 1.